The second-order valence-corrected chi connectivity index (χ2v) is 10.6. The summed E-state index contributed by atoms with van der Waals surface area (Å²) in [4.78, 5) is 16.3. The smallest absolute Gasteiger partial charge is 0.314 e. The van der Waals surface area contributed by atoms with Crippen LogP contribution < -0.4 is 4.90 Å². The average Bonchev–Trinajstić information content (AvgIpc) is 2.99. The Bertz CT molecular complexity index is 1050. The predicted octanol–water partition coefficient (Wildman–Crippen LogP) is 3.81. The first-order valence-corrected chi connectivity index (χ1v) is 11.6. The molecule has 2 fully saturated rings. The number of aryl methyl sites for hydroxylation is 2. The van der Waals surface area contributed by atoms with Gasteiger partial charge in [-0.25, -0.2) is 17.6 Å². The lowest BCUT2D eigenvalue weighted by Gasteiger charge is -2.23. The maximum absolute atomic E-state index is 14.4. The normalized spacial score (nSPS) is 23.4. The summed E-state index contributed by atoms with van der Waals surface area (Å²) in [5.41, 5.74) is 3.05. The van der Waals surface area contributed by atoms with Crippen LogP contribution in [0.2, 0.25) is 0 Å². The molecule has 2 amide bonds. The minimum absolute atomic E-state index is 0.0376. The van der Waals surface area contributed by atoms with E-state index in [0.29, 0.717) is 15.7 Å². The number of carbonyl (C=O) groups is 1. The predicted molar refractivity (Wildman–Crippen MR) is 110 cm³/mol. The first kappa shape index (κ1) is 19.4. The van der Waals surface area contributed by atoms with Gasteiger partial charge in [-0.2, -0.15) is 0 Å². The van der Waals surface area contributed by atoms with Crippen LogP contribution in [-0.2, 0) is 16.4 Å². The Morgan fingerprint density at radius 3 is 2.36 bits per heavy atom. The summed E-state index contributed by atoms with van der Waals surface area (Å²) in [7, 11) is -3.27. The maximum Gasteiger partial charge on any atom is 0.325 e. The molecular formula is C20H20BrFN2O3S. The number of anilines is 1. The van der Waals surface area contributed by atoms with Gasteiger partial charge in [-0.3, -0.25) is 4.90 Å². The van der Waals surface area contributed by atoms with E-state index in [2.05, 4.69) is 15.9 Å². The molecule has 0 aliphatic carbocycles. The Morgan fingerprint density at radius 1 is 1.07 bits per heavy atom. The van der Waals surface area contributed by atoms with Crippen LogP contribution in [0, 0.1) is 19.7 Å². The molecule has 148 valence electrons. The van der Waals surface area contributed by atoms with Crippen LogP contribution in [0.25, 0.3) is 0 Å². The molecule has 8 heteroatoms. The molecule has 0 spiro atoms. The molecule has 2 heterocycles. The van der Waals surface area contributed by atoms with Crippen molar-refractivity contribution in [3.63, 3.8) is 0 Å². The summed E-state index contributed by atoms with van der Waals surface area (Å²) in [6, 6.07) is 9.22. The zero-order valence-electron chi connectivity index (χ0n) is 15.5. The Balaban J connectivity index is 1.74. The molecule has 2 aromatic rings. The lowest BCUT2D eigenvalue weighted by Crippen LogP contribution is -2.37. The molecule has 2 saturated heterocycles. The number of benzene rings is 2. The summed E-state index contributed by atoms with van der Waals surface area (Å²) in [6.45, 7) is 3.92. The number of urea groups is 1. The average molecular weight is 467 g/mol. The third-order valence-corrected chi connectivity index (χ3v) is 7.51. The van der Waals surface area contributed by atoms with E-state index in [9.17, 15) is 17.6 Å². The van der Waals surface area contributed by atoms with Crippen LogP contribution in [0.3, 0.4) is 0 Å². The summed E-state index contributed by atoms with van der Waals surface area (Å²) >= 11 is 3.23. The van der Waals surface area contributed by atoms with Gasteiger partial charge in [-0.1, -0.05) is 28.1 Å². The molecule has 0 saturated carbocycles. The van der Waals surface area contributed by atoms with Crippen molar-refractivity contribution in [2.75, 3.05) is 16.4 Å². The molecule has 0 unspecified atom stereocenters. The van der Waals surface area contributed by atoms with Crippen LogP contribution in [0.1, 0.15) is 16.7 Å². The van der Waals surface area contributed by atoms with E-state index in [-0.39, 0.29) is 24.1 Å². The number of halogens is 2. The van der Waals surface area contributed by atoms with E-state index in [0.717, 1.165) is 11.1 Å². The lowest BCUT2D eigenvalue weighted by atomic mass is 10.1. The van der Waals surface area contributed by atoms with E-state index in [4.69, 9.17) is 0 Å². The largest absolute Gasteiger partial charge is 0.325 e. The minimum atomic E-state index is -3.27. The van der Waals surface area contributed by atoms with Crippen LogP contribution in [0.4, 0.5) is 14.9 Å². The Labute approximate surface area is 172 Å². The van der Waals surface area contributed by atoms with Gasteiger partial charge in [0.15, 0.2) is 9.84 Å². The molecule has 2 aromatic carbocycles. The first-order valence-electron chi connectivity index (χ1n) is 8.97. The van der Waals surface area contributed by atoms with Gasteiger partial charge in [0.05, 0.1) is 30.1 Å². The maximum atomic E-state index is 14.4. The zero-order chi connectivity index (χ0) is 20.2. The number of sulfone groups is 1. The summed E-state index contributed by atoms with van der Waals surface area (Å²) in [6.07, 6.45) is 0. The Morgan fingerprint density at radius 2 is 1.71 bits per heavy atom. The van der Waals surface area contributed by atoms with Gasteiger partial charge < -0.3 is 4.90 Å². The number of nitrogens with zero attached hydrogens (tertiary/aromatic N) is 2. The number of hydrogen-bond acceptors (Lipinski definition) is 3. The fraction of sp³-hybridized carbons (Fsp3) is 0.350. The molecule has 28 heavy (non-hydrogen) atoms. The molecule has 2 atom stereocenters. The topological polar surface area (TPSA) is 57.7 Å². The van der Waals surface area contributed by atoms with Crippen molar-refractivity contribution in [3.8, 4) is 0 Å². The molecule has 0 bridgehead atoms. The van der Waals surface area contributed by atoms with Crippen LogP contribution >= 0.6 is 15.9 Å². The van der Waals surface area contributed by atoms with Crippen molar-refractivity contribution in [1.82, 2.24) is 4.90 Å². The highest BCUT2D eigenvalue weighted by Gasteiger charge is 2.53. The van der Waals surface area contributed by atoms with E-state index in [1.807, 2.05) is 32.0 Å². The van der Waals surface area contributed by atoms with Gasteiger partial charge in [0.1, 0.15) is 5.82 Å². The third kappa shape index (κ3) is 3.43. The van der Waals surface area contributed by atoms with Gasteiger partial charge >= 0.3 is 6.03 Å². The number of hydrogen-bond donors (Lipinski definition) is 0. The summed E-state index contributed by atoms with van der Waals surface area (Å²) in [5, 5.41) is 0. The van der Waals surface area contributed by atoms with Crippen LogP contribution in [-0.4, -0.2) is 42.9 Å². The van der Waals surface area contributed by atoms with Crippen molar-refractivity contribution in [1.29, 1.82) is 0 Å². The number of amides is 2. The second-order valence-electron chi connectivity index (χ2n) is 7.57. The number of rotatable bonds is 3. The molecule has 0 radical (unpaired) electrons. The quantitative estimate of drug-likeness (QED) is 0.646. The Kier molecular flexibility index (Phi) is 4.74. The van der Waals surface area contributed by atoms with Crippen molar-refractivity contribution in [2.45, 2.75) is 32.5 Å². The van der Waals surface area contributed by atoms with E-state index in [1.54, 1.807) is 17.0 Å². The van der Waals surface area contributed by atoms with Crippen molar-refractivity contribution >= 4 is 37.5 Å². The van der Waals surface area contributed by atoms with E-state index >= 15 is 0 Å². The SMILES string of the molecule is Cc1cc(C)cc(N2C(=O)N(Cc3ccc(Br)cc3F)[C@H]3CS(=O)(=O)C[C@@H]32)c1. The van der Waals surface area contributed by atoms with Gasteiger partial charge in [0.25, 0.3) is 0 Å². The van der Waals surface area contributed by atoms with E-state index < -0.39 is 27.7 Å². The third-order valence-electron chi connectivity index (χ3n) is 5.32. The van der Waals surface area contributed by atoms with Crippen LogP contribution in [0.5, 0.6) is 0 Å². The summed E-state index contributed by atoms with van der Waals surface area (Å²) in [5.74, 6) is -0.595. The van der Waals surface area contributed by atoms with Gasteiger partial charge in [0.2, 0.25) is 0 Å². The molecular weight excluding hydrogens is 447 g/mol. The Hall–Kier alpha value is -1.93. The molecule has 0 N–H and O–H groups in total. The fourth-order valence-electron chi connectivity index (χ4n) is 4.19. The highest BCUT2D eigenvalue weighted by Crippen LogP contribution is 2.37. The molecule has 5 nitrogen and oxygen atoms in total. The minimum Gasteiger partial charge on any atom is -0.314 e. The molecule has 2 aliphatic heterocycles. The molecule has 2 aliphatic rings. The fourth-order valence-corrected chi connectivity index (χ4v) is 6.47. The molecule has 4 rings (SSSR count). The summed E-state index contributed by atoms with van der Waals surface area (Å²) < 4.78 is 39.6. The van der Waals surface area contributed by atoms with Crippen LogP contribution in [0.15, 0.2) is 40.9 Å². The van der Waals surface area contributed by atoms with Crippen molar-refractivity contribution in [2.24, 2.45) is 0 Å². The van der Waals surface area contributed by atoms with Crippen molar-refractivity contribution < 1.29 is 17.6 Å². The monoisotopic (exact) mass is 466 g/mol. The second kappa shape index (κ2) is 6.84. The highest BCUT2D eigenvalue weighted by molar-refractivity contribution is 9.10. The lowest BCUT2D eigenvalue weighted by molar-refractivity contribution is 0.205. The molecule has 0 aromatic heterocycles. The van der Waals surface area contributed by atoms with Crippen molar-refractivity contribution in [3.05, 3.63) is 63.4 Å². The number of carbonyl (C=O) groups excluding carboxylic acids is 1. The van der Waals surface area contributed by atoms with Gasteiger partial charge in [-0.05, 0) is 49.2 Å². The van der Waals surface area contributed by atoms with Gasteiger partial charge in [0, 0.05) is 15.7 Å². The number of fused-ring (bicyclic) bond motifs is 1. The highest BCUT2D eigenvalue weighted by atomic mass is 79.9. The first-order chi connectivity index (χ1) is 13.1. The standard InChI is InChI=1S/C20H20BrFN2O3S/c1-12-5-13(2)7-16(6-12)24-19-11-28(26,27)10-18(19)23(20(24)25)9-14-3-4-15(21)8-17(14)22/h3-8,18-19H,9-11H2,1-2H3/t18-,19-/m0/s1. The van der Waals surface area contributed by atoms with Gasteiger partial charge in [-0.15, -0.1) is 0 Å². The zero-order valence-corrected chi connectivity index (χ0v) is 17.9. The van der Waals surface area contributed by atoms with E-state index in [1.165, 1.54) is 11.0 Å².